The molecule has 0 bridgehead atoms. The van der Waals surface area contributed by atoms with E-state index >= 15 is 0 Å². The van der Waals surface area contributed by atoms with Gasteiger partial charge in [0.15, 0.2) is 0 Å². The number of aliphatic hydroxyl groups excluding tert-OH is 1. The lowest BCUT2D eigenvalue weighted by molar-refractivity contribution is 0.336. The minimum absolute atomic E-state index is 0.0578. The van der Waals surface area contributed by atoms with Gasteiger partial charge in [-0.05, 0) is 23.5 Å². The fourth-order valence-corrected chi connectivity index (χ4v) is 8.07. The summed E-state index contributed by atoms with van der Waals surface area (Å²) in [4.78, 5) is 0. The van der Waals surface area contributed by atoms with Gasteiger partial charge < -0.3 is 5.11 Å². The van der Waals surface area contributed by atoms with Crippen LogP contribution >= 0.6 is 0 Å². The molecule has 0 heterocycles. The van der Waals surface area contributed by atoms with Crippen LogP contribution in [0.25, 0.3) is 0 Å². The fraction of sp³-hybridized carbons (Fsp3) is 0.733. The Morgan fingerprint density at radius 3 is 1.71 bits per heavy atom. The average Bonchev–Trinajstić information content (AvgIpc) is 2.23. The molecule has 0 atom stereocenters. The van der Waals surface area contributed by atoms with Crippen molar-refractivity contribution in [1.29, 1.82) is 0 Å². The molecule has 2 heteroatoms. The molecular formula is C15H28OSi. The van der Waals surface area contributed by atoms with Crippen molar-refractivity contribution in [3.05, 3.63) is 11.6 Å². The summed E-state index contributed by atoms with van der Waals surface area (Å²) in [7, 11) is -1.64. The van der Waals surface area contributed by atoms with Gasteiger partial charge in [0.1, 0.15) is 8.07 Å². The molecule has 0 rings (SSSR count). The molecule has 0 aliphatic carbocycles. The van der Waals surface area contributed by atoms with Gasteiger partial charge in [0.05, 0.1) is 6.61 Å². The van der Waals surface area contributed by atoms with E-state index < -0.39 is 8.07 Å². The molecule has 0 saturated heterocycles. The molecule has 1 nitrogen and oxygen atoms in total. The largest absolute Gasteiger partial charge is 0.391 e. The third-order valence-electron chi connectivity index (χ3n) is 3.82. The van der Waals surface area contributed by atoms with Crippen LogP contribution in [0.4, 0.5) is 0 Å². The van der Waals surface area contributed by atoms with E-state index in [1.807, 2.05) is 13.0 Å². The van der Waals surface area contributed by atoms with Crippen LogP contribution in [0.3, 0.4) is 0 Å². The summed E-state index contributed by atoms with van der Waals surface area (Å²) in [6, 6.07) is 0. The van der Waals surface area contributed by atoms with Crippen LogP contribution in [0.1, 0.15) is 48.5 Å². The van der Waals surface area contributed by atoms with E-state index in [9.17, 15) is 5.11 Å². The molecule has 0 aromatic rings. The Morgan fingerprint density at radius 2 is 1.47 bits per heavy atom. The molecule has 0 aromatic carbocycles. The smallest absolute Gasteiger partial charge is 0.146 e. The highest BCUT2D eigenvalue weighted by Crippen LogP contribution is 2.40. The van der Waals surface area contributed by atoms with Crippen molar-refractivity contribution < 1.29 is 5.11 Å². The second-order valence-electron chi connectivity index (χ2n) is 5.62. The van der Waals surface area contributed by atoms with Gasteiger partial charge in [-0.25, -0.2) is 0 Å². The normalized spacial score (nSPS) is 13.2. The van der Waals surface area contributed by atoms with Crippen LogP contribution in [-0.4, -0.2) is 19.8 Å². The molecule has 0 aromatic heterocycles. The zero-order valence-corrected chi connectivity index (χ0v) is 13.5. The monoisotopic (exact) mass is 252 g/mol. The highest BCUT2D eigenvalue weighted by molar-refractivity contribution is 6.90. The average molecular weight is 252 g/mol. The van der Waals surface area contributed by atoms with Gasteiger partial charge >= 0.3 is 0 Å². The van der Waals surface area contributed by atoms with E-state index in [2.05, 4.69) is 53.0 Å². The summed E-state index contributed by atoms with van der Waals surface area (Å²) in [6.45, 7) is 15.8. The topological polar surface area (TPSA) is 20.2 Å². The van der Waals surface area contributed by atoms with Crippen LogP contribution in [-0.2, 0) is 0 Å². The van der Waals surface area contributed by atoms with Gasteiger partial charge in [0.25, 0.3) is 0 Å². The van der Waals surface area contributed by atoms with Crippen molar-refractivity contribution in [1.82, 2.24) is 0 Å². The maximum Gasteiger partial charge on any atom is 0.146 e. The second-order valence-corrected chi connectivity index (χ2v) is 11.2. The molecule has 0 aliphatic heterocycles. The van der Waals surface area contributed by atoms with Crippen LogP contribution < -0.4 is 0 Å². The molecule has 1 N–H and O–H groups in total. The first-order valence-electron chi connectivity index (χ1n) is 6.62. The van der Waals surface area contributed by atoms with Crippen LogP contribution in [0, 0.1) is 11.5 Å². The highest BCUT2D eigenvalue weighted by Gasteiger charge is 2.41. The summed E-state index contributed by atoms with van der Waals surface area (Å²) in [5.74, 6) is 3.23. The van der Waals surface area contributed by atoms with E-state index in [1.54, 1.807) is 0 Å². The maximum absolute atomic E-state index is 9.18. The van der Waals surface area contributed by atoms with Crippen molar-refractivity contribution in [2.75, 3.05) is 6.61 Å². The molecule has 0 spiro atoms. The molecule has 0 aliphatic rings. The molecule has 0 unspecified atom stereocenters. The lowest BCUT2D eigenvalue weighted by Gasteiger charge is -2.38. The Morgan fingerprint density at radius 1 is 1.06 bits per heavy atom. The highest BCUT2D eigenvalue weighted by atomic mass is 28.3. The lowest BCUT2D eigenvalue weighted by Crippen LogP contribution is -2.43. The number of aliphatic hydroxyl groups is 1. The fourth-order valence-electron chi connectivity index (χ4n) is 2.82. The number of hydrogen-bond acceptors (Lipinski definition) is 1. The standard InChI is InChI=1S/C15H28OSi/c1-8-15(11-16)9-10-17(12(2)3,13(4)5)14(6)7/h8,12-14,16H,11H2,1-7H3/b15-8-. The zero-order valence-electron chi connectivity index (χ0n) is 12.5. The van der Waals surface area contributed by atoms with Gasteiger partial charge in [-0.15, -0.1) is 5.54 Å². The van der Waals surface area contributed by atoms with Gasteiger partial charge in [-0.3, -0.25) is 0 Å². The summed E-state index contributed by atoms with van der Waals surface area (Å²) in [6.07, 6.45) is 1.91. The van der Waals surface area contributed by atoms with Crippen LogP contribution in [0.2, 0.25) is 16.6 Å². The van der Waals surface area contributed by atoms with Crippen molar-refractivity contribution in [2.24, 2.45) is 0 Å². The van der Waals surface area contributed by atoms with Crippen molar-refractivity contribution in [3.8, 4) is 11.5 Å². The Kier molecular flexibility index (Phi) is 6.82. The Hall–Kier alpha value is -0.523. The summed E-state index contributed by atoms with van der Waals surface area (Å²) >= 11 is 0. The van der Waals surface area contributed by atoms with Crippen molar-refractivity contribution in [2.45, 2.75) is 65.1 Å². The van der Waals surface area contributed by atoms with Gasteiger partial charge in [0, 0.05) is 5.57 Å². The molecule has 0 fully saturated rings. The first kappa shape index (κ1) is 16.5. The minimum atomic E-state index is -1.64. The van der Waals surface area contributed by atoms with Gasteiger partial charge in [-0.1, -0.05) is 53.5 Å². The minimum Gasteiger partial charge on any atom is -0.391 e. The lowest BCUT2D eigenvalue weighted by atomic mass is 10.3. The van der Waals surface area contributed by atoms with E-state index in [0.717, 1.165) is 5.57 Å². The molecule has 0 saturated carbocycles. The van der Waals surface area contributed by atoms with Crippen LogP contribution in [0.5, 0.6) is 0 Å². The number of hydrogen-bond donors (Lipinski definition) is 1. The predicted octanol–water partition coefficient (Wildman–Crippen LogP) is 4.15. The maximum atomic E-state index is 9.18. The SMILES string of the molecule is C/C=C(/C#C[Si](C(C)C)(C(C)C)C(C)C)CO. The van der Waals surface area contributed by atoms with Gasteiger partial charge in [-0.2, -0.15) is 0 Å². The Bertz CT molecular complexity index is 294. The van der Waals surface area contributed by atoms with E-state index in [1.165, 1.54) is 0 Å². The quantitative estimate of drug-likeness (QED) is 0.589. The number of rotatable bonds is 4. The number of allylic oxidation sites excluding steroid dienone is 1. The third-order valence-corrected chi connectivity index (χ3v) is 10.1. The molecular weight excluding hydrogens is 224 g/mol. The first-order chi connectivity index (χ1) is 7.82. The Labute approximate surface area is 108 Å². The second kappa shape index (κ2) is 7.03. The zero-order chi connectivity index (χ0) is 13.6. The van der Waals surface area contributed by atoms with Crippen LogP contribution in [0.15, 0.2) is 11.6 Å². The molecule has 0 radical (unpaired) electrons. The summed E-state index contributed by atoms with van der Waals surface area (Å²) < 4.78 is 0. The molecule has 98 valence electrons. The van der Waals surface area contributed by atoms with E-state index in [4.69, 9.17) is 0 Å². The summed E-state index contributed by atoms with van der Waals surface area (Å²) in [5, 5.41) is 9.18. The molecule has 0 amide bonds. The van der Waals surface area contributed by atoms with E-state index in [-0.39, 0.29) is 6.61 Å². The van der Waals surface area contributed by atoms with E-state index in [0.29, 0.717) is 16.6 Å². The van der Waals surface area contributed by atoms with Crippen molar-refractivity contribution >= 4 is 8.07 Å². The third kappa shape index (κ3) is 3.72. The summed E-state index contributed by atoms with van der Waals surface area (Å²) in [5.41, 5.74) is 6.38. The first-order valence-corrected chi connectivity index (χ1v) is 8.85. The Balaban J connectivity index is 5.48. The van der Waals surface area contributed by atoms with Crippen molar-refractivity contribution in [3.63, 3.8) is 0 Å². The predicted molar refractivity (Wildman–Crippen MR) is 79.7 cm³/mol. The van der Waals surface area contributed by atoms with Gasteiger partial charge in [0.2, 0.25) is 0 Å². The molecule has 17 heavy (non-hydrogen) atoms.